The van der Waals surface area contributed by atoms with E-state index in [2.05, 4.69) is 0 Å². The molecule has 0 aliphatic rings. The van der Waals surface area contributed by atoms with Gasteiger partial charge in [0.15, 0.2) is 5.66 Å². The van der Waals surface area contributed by atoms with E-state index in [1.807, 2.05) is 20.8 Å². The summed E-state index contributed by atoms with van der Waals surface area (Å²) < 4.78 is 15.5. The molecule has 0 heterocycles. The molecule has 1 unspecified atom stereocenters. The van der Waals surface area contributed by atoms with Crippen molar-refractivity contribution in [3.63, 3.8) is 0 Å². The van der Waals surface area contributed by atoms with Crippen molar-refractivity contribution in [3.8, 4) is 0 Å². The summed E-state index contributed by atoms with van der Waals surface area (Å²) in [5, 5.41) is 0. The molecular formula is C5H12O2P+. The van der Waals surface area contributed by atoms with Gasteiger partial charge >= 0.3 is 8.03 Å². The van der Waals surface area contributed by atoms with Gasteiger partial charge in [0.05, 0.1) is 6.61 Å². The Morgan fingerprint density at radius 1 is 1.62 bits per heavy atom. The summed E-state index contributed by atoms with van der Waals surface area (Å²) in [5.41, 5.74) is 0.157. The van der Waals surface area contributed by atoms with Gasteiger partial charge in [-0.3, -0.25) is 0 Å². The van der Waals surface area contributed by atoms with Crippen LogP contribution in [0, 0.1) is 0 Å². The molecule has 0 fully saturated rings. The lowest BCUT2D eigenvalue weighted by molar-refractivity contribution is 0.346. The smallest absolute Gasteiger partial charge is 0.146 e. The molecule has 0 aromatic rings. The van der Waals surface area contributed by atoms with Crippen LogP contribution in [0.15, 0.2) is 0 Å². The summed E-state index contributed by atoms with van der Waals surface area (Å²) >= 11 is 0. The average molecular weight is 135 g/mol. The number of hydrogen-bond acceptors (Lipinski definition) is 2. The third kappa shape index (κ3) is 3.11. The first kappa shape index (κ1) is 8.06. The molecule has 0 bridgehead atoms. The highest BCUT2D eigenvalue weighted by Crippen LogP contribution is 2.27. The summed E-state index contributed by atoms with van der Waals surface area (Å²) in [6.07, 6.45) is 0. The molecular weight excluding hydrogens is 123 g/mol. The highest BCUT2D eigenvalue weighted by Gasteiger charge is 2.20. The predicted molar refractivity (Wildman–Crippen MR) is 34.4 cm³/mol. The molecule has 0 aliphatic carbocycles. The minimum Gasteiger partial charge on any atom is -0.146 e. The van der Waals surface area contributed by atoms with Crippen LogP contribution in [-0.4, -0.2) is 12.3 Å². The van der Waals surface area contributed by atoms with Crippen LogP contribution >= 0.6 is 8.03 Å². The molecule has 8 heavy (non-hydrogen) atoms. The molecule has 2 nitrogen and oxygen atoms in total. The van der Waals surface area contributed by atoms with E-state index in [1.54, 1.807) is 0 Å². The quantitative estimate of drug-likeness (QED) is 0.554. The van der Waals surface area contributed by atoms with E-state index < -0.39 is 8.03 Å². The first-order valence-corrected chi connectivity index (χ1v) is 4.02. The van der Waals surface area contributed by atoms with Crippen molar-refractivity contribution in [2.75, 3.05) is 6.61 Å². The molecule has 0 aromatic heterocycles. The van der Waals surface area contributed by atoms with Crippen molar-refractivity contribution in [1.82, 2.24) is 0 Å². The van der Waals surface area contributed by atoms with Crippen molar-refractivity contribution >= 4 is 8.03 Å². The topological polar surface area (TPSA) is 26.3 Å². The van der Waals surface area contributed by atoms with Crippen LogP contribution < -0.4 is 0 Å². The van der Waals surface area contributed by atoms with Gasteiger partial charge in [-0.2, -0.15) is 0 Å². The first-order chi connectivity index (χ1) is 3.68. The fraction of sp³-hybridized carbons (Fsp3) is 1.00. The lowest BCUT2D eigenvalue weighted by Crippen LogP contribution is -1.88. The minimum atomic E-state index is -1.39. The van der Waals surface area contributed by atoms with Crippen LogP contribution in [0.4, 0.5) is 0 Å². The molecule has 0 radical (unpaired) electrons. The van der Waals surface area contributed by atoms with E-state index >= 15 is 0 Å². The zero-order chi connectivity index (χ0) is 6.57. The van der Waals surface area contributed by atoms with Gasteiger partial charge in [-0.25, -0.2) is 0 Å². The van der Waals surface area contributed by atoms with Gasteiger partial charge in [0, 0.05) is 0 Å². The van der Waals surface area contributed by atoms with Crippen LogP contribution in [0.2, 0.25) is 0 Å². The standard InChI is InChI=1S/C5H12O2P/c1-4-7-8(6)5(2)3/h5H,4H2,1-3H3/q+1. The van der Waals surface area contributed by atoms with E-state index in [1.165, 1.54) is 0 Å². The van der Waals surface area contributed by atoms with Gasteiger partial charge in [-0.15, -0.1) is 4.52 Å². The molecule has 0 saturated heterocycles. The summed E-state index contributed by atoms with van der Waals surface area (Å²) in [5.74, 6) is 0. The highest BCUT2D eigenvalue weighted by atomic mass is 31.1. The maximum Gasteiger partial charge on any atom is 0.510 e. The maximum atomic E-state index is 10.7. The zero-order valence-corrected chi connectivity index (χ0v) is 6.44. The van der Waals surface area contributed by atoms with Crippen molar-refractivity contribution < 1.29 is 9.09 Å². The lowest BCUT2D eigenvalue weighted by atomic mass is 10.6. The van der Waals surface area contributed by atoms with Crippen molar-refractivity contribution in [2.24, 2.45) is 0 Å². The van der Waals surface area contributed by atoms with Gasteiger partial charge in [0.25, 0.3) is 0 Å². The second-order valence-corrected chi connectivity index (χ2v) is 3.66. The molecule has 3 heteroatoms. The fourth-order valence-corrected chi connectivity index (χ4v) is 0.829. The second-order valence-electron chi connectivity index (χ2n) is 1.80. The number of hydrogen-bond donors (Lipinski definition) is 0. The Morgan fingerprint density at radius 2 is 2.12 bits per heavy atom. The third-order valence-corrected chi connectivity index (χ3v) is 2.03. The Kier molecular flexibility index (Phi) is 4.02. The lowest BCUT2D eigenvalue weighted by Gasteiger charge is -1.85. The highest BCUT2D eigenvalue weighted by molar-refractivity contribution is 7.39. The monoisotopic (exact) mass is 135 g/mol. The molecule has 0 spiro atoms. The van der Waals surface area contributed by atoms with E-state index in [9.17, 15) is 4.57 Å². The third-order valence-electron chi connectivity index (χ3n) is 0.678. The van der Waals surface area contributed by atoms with Crippen LogP contribution in [0.25, 0.3) is 0 Å². The second kappa shape index (κ2) is 3.99. The Balaban J connectivity index is 3.33. The van der Waals surface area contributed by atoms with Gasteiger partial charge in [-0.05, 0) is 25.3 Å². The SMILES string of the molecule is CCO[P+](=O)C(C)C. The van der Waals surface area contributed by atoms with Crippen LogP contribution in [0.1, 0.15) is 20.8 Å². The Bertz CT molecular complexity index is 80.5. The number of rotatable bonds is 3. The molecule has 0 aliphatic heterocycles. The van der Waals surface area contributed by atoms with Crippen molar-refractivity contribution in [3.05, 3.63) is 0 Å². The fourth-order valence-electron chi connectivity index (χ4n) is 0.276. The molecule has 0 N–H and O–H groups in total. The van der Waals surface area contributed by atoms with Crippen molar-refractivity contribution in [1.29, 1.82) is 0 Å². The van der Waals surface area contributed by atoms with E-state index in [0.29, 0.717) is 6.61 Å². The molecule has 1 atom stereocenters. The van der Waals surface area contributed by atoms with Gasteiger partial charge in [-0.1, -0.05) is 0 Å². The first-order valence-electron chi connectivity index (χ1n) is 2.77. The van der Waals surface area contributed by atoms with Crippen LogP contribution in [-0.2, 0) is 9.09 Å². The average Bonchev–Trinajstić information content (AvgIpc) is 1.67. The Morgan fingerprint density at radius 3 is 2.25 bits per heavy atom. The van der Waals surface area contributed by atoms with Crippen LogP contribution in [0.3, 0.4) is 0 Å². The summed E-state index contributed by atoms with van der Waals surface area (Å²) in [7, 11) is -1.39. The molecule has 0 rings (SSSR count). The van der Waals surface area contributed by atoms with Gasteiger partial charge in [0.1, 0.15) is 0 Å². The summed E-state index contributed by atoms with van der Waals surface area (Å²) in [6, 6.07) is 0. The molecule has 0 aromatic carbocycles. The largest absolute Gasteiger partial charge is 0.510 e. The predicted octanol–water partition coefficient (Wildman–Crippen LogP) is 2.17. The van der Waals surface area contributed by atoms with E-state index in [4.69, 9.17) is 4.52 Å². The summed E-state index contributed by atoms with van der Waals surface area (Å²) in [6.45, 7) is 6.16. The van der Waals surface area contributed by atoms with Gasteiger partial charge in [0.2, 0.25) is 0 Å². The summed E-state index contributed by atoms with van der Waals surface area (Å²) in [4.78, 5) is 0. The van der Waals surface area contributed by atoms with E-state index in [-0.39, 0.29) is 5.66 Å². The minimum absolute atomic E-state index is 0.157. The zero-order valence-electron chi connectivity index (χ0n) is 5.55. The molecule has 0 amide bonds. The normalized spacial score (nSPS) is 12.2. The van der Waals surface area contributed by atoms with Gasteiger partial charge < -0.3 is 0 Å². The molecule has 48 valence electrons. The Hall–Kier alpha value is 0.0600. The van der Waals surface area contributed by atoms with E-state index in [0.717, 1.165) is 0 Å². The van der Waals surface area contributed by atoms with Crippen molar-refractivity contribution in [2.45, 2.75) is 26.4 Å². The van der Waals surface area contributed by atoms with Crippen LogP contribution in [0.5, 0.6) is 0 Å². The molecule has 0 saturated carbocycles. The maximum absolute atomic E-state index is 10.7. The Labute approximate surface area is 51.1 Å².